The quantitative estimate of drug-likeness (QED) is 0.354. The van der Waals surface area contributed by atoms with Crippen LogP contribution in [0.1, 0.15) is 15.9 Å². The number of benzene rings is 2. The normalized spacial score (nSPS) is 11.1. The molecule has 0 saturated carbocycles. The molecule has 0 fully saturated rings. The first-order valence-electron chi connectivity index (χ1n) is 7.18. The lowest BCUT2D eigenvalue weighted by Crippen LogP contribution is -2.36. The molecule has 0 aliphatic carbocycles. The fraction of sp³-hybridized carbons (Fsp3) is 0.125. The third-order valence-corrected chi connectivity index (χ3v) is 2.87. The van der Waals surface area contributed by atoms with E-state index in [1.807, 2.05) is 30.3 Å². The van der Waals surface area contributed by atoms with Crippen LogP contribution in [-0.4, -0.2) is 36.5 Å². The molecule has 0 unspecified atom stereocenters. The summed E-state index contributed by atoms with van der Waals surface area (Å²) in [6.45, 7) is 0.426. The SMILES string of the molecule is COc1ccc(C(=O)NC(N)=NCc2ccccc2)cc1.O=S(=O)(O)O. The first-order chi connectivity index (χ1) is 12.2. The molecule has 0 aliphatic rings. The smallest absolute Gasteiger partial charge is 0.394 e. The van der Waals surface area contributed by atoms with Crippen LogP contribution in [0.15, 0.2) is 59.6 Å². The second-order valence-corrected chi connectivity index (χ2v) is 5.71. The topological polar surface area (TPSA) is 151 Å². The Morgan fingerprint density at radius 3 is 2.15 bits per heavy atom. The molecule has 0 bridgehead atoms. The molecule has 140 valence electrons. The van der Waals surface area contributed by atoms with E-state index in [0.717, 1.165) is 5.56 Å². The molecule has 0 aromatic heterocycles. The van der Waals surface area contributed by atoms with Crippen LogP contribution >= 0.6 is 0 Å². The molecule has 0 aliphatic heterocycles. The number of hydrogen-bond donors (Lipinski definition) is 4. The molecular formula is C16H19N3O6S. The van der Waals surface area contributed by atoms with Crippen molar-refractivity contribution in [1.29, 1.82) is 0 Å². The van der Waals surface area contributed by atoms with Crippen molar-refractivity contribution < 1.29 is 27.1 Å². The summed E-state index contributed by atoms with van der Waals surface area (Å²) in [5, 5.41) is 2.55. The number of amides is 1. The van der Waals surface area contributed by atoms with E-state index < -0.39 is 10.4 Å². The maximum absolute atomic E-state index is 12.0. The number of carbonyl (C=O) groups is 1. The molecule has 26 heavy (non-hydrogen) atoms. The van der Waals surface area contributed by atoms with Crippen molar-refractivity contribution in [2.24, 2.45) is 10.7 Å². The lowest BCUT2D eigenvalue weighted by molar-refractivity contribution is 0.0976. The Bertz CT molecular complexity index is 828. The van der Waals surface area contributed by atoms with Crippen LogP contribution in [0.5, 0.6) is 5.75 Å². The van der Waals surface area contributed by atoms with Gasteiger partial charge in [-0.2, -0.15) is 8.42 Å². The van der Waals surface area contributed by atoms with Gasteiger partial charge in [0.25, 0.3) is 5.91 Å². The molecule has 9 nitrogen and oxygen atoms in total. The van der Waals surface area contributed by atoms with E-state index in [-0.39, 0.29) is 11.9 Å². The van der Waals surface area contributed by atoms with Crippen molar-refractivity contribution in [1.82, 2.24) is 5.32 Å². The van der Waals surface area contributed by atoms with Gasteiger partial charge in [-0.15, -0.1) is 0 Å². The van der Waals surface area contributed by atoms with Crippen molar-refractivity contribution in [3.63, 3.8) is 0 Å². The number of ether oxygens (including phenoxy) is 1. The van der Waals surface area contributed by atoms with E-state index in [0.29, 0.717) is 17.9 Å². The molecule has 5 N–H and O–H groups in total. The highest BCUT2D eigenvalue weighted by molar-refractivity contribution is 7.79. The Labute approximate surface area is 151 Å². The van der Waals surface area contributed by atoms with Crippen LogP contribution in [0.25, 0.3) is 0 Å². The minimum atomic E-state index is -4.67. The van der Waals surface area contributed by atoms with Crippen molar-refractivity contribution in [2.75, 3.05) is 7.11 Å². The summed E-state index contributed by atoms with van der Waals surface area (Å²) in [6, 6.07) is 16.4. The summed E-state index contributed by atoms with van der Waals surface area (Å²) in [7, 11) is -3.09. The molecule has 0 radical (unpaired) electrons. The van der Waals surface area contributed by atoms with Crippen molar-refractivity contribution >= 4 is 22.3 Å². The number of hydrogen-bond acceptors (Lipinski definition) is 5. The molecular weight excluding hydrogens is 362 g/mol. The molecule has 2 aromatic carbocycles. The number of nitrogens with one attached hydrogen (secondary N) is 1. The van der Waals surface area contributed by atoms with Gasteiger partial charge in [0.2, 0.25) is 0 Å². The van der Waals surface area contributed by atoms with Crippen molar-refractivity contribution in [2.45, 2.75) is 6.54 Å². The van der Waals surface area contributed by atoms with Gasteiger partial charge in [-0.3, -0.25) is 19.2 Å². The van der Waals surface area contributed by atoms with Crippen molar-refractivity contribution in [3.05, 3.63) is 65.7 Å². The summed E-state index contributed by atoms with van der Waals surface area (Å²) in [6.07, 6.45) is 0. The standard InChI is InChI=1S/C16H17N3O2.H2O4S/c1-21-14-9-7-13(8-10-14)15(20)19-16(17)18-11-12-5-3-2-4-6-12;1-5(2,3)4/h2-10H,11H2,1H3,(H3,17,18,19,20);(H2,1,2,3,4). The van der Waals surface area contributed by atoms with Crippen LogP contribution in [0.2, 0.25) is 0 Å². The minimum Gasteiger partial charge on any atom is -0.497 e. The Kier molecular flexibility index (Phi) is 8.22. The summed E-state index contributed by atoms with van der Waals surface area (Å²) in [4.78, 5) is 16.1. The van der Waals surface area contributed by atoms with Gasteiger partial charge in [-0.05, 0) is 29.8 Å². The Hall–Kier alpha value is -2.95. The predicted molar refractivity (Wildman–Crippen MR) is 96.4 cm³/mol. The molecule has 10 heteroatoms. The van der Waals surface area contributed by atoms with E-state index in [2.05, 4.69) is 10.3 Å². The number of nitrogens with zero attached hydrogens (tertiary/aromatic N) is 1. The Morgan fingerprint density at radius 1 is 1.12 bits per heavy atom. The van der Waals surface area contributed by atoms with Gasteiger partial charge < -0.3 is 10.5 Å². The zero-order chi connectivity index (χ0) is 19.6. The fourth-order valence-corrected chi connectivity index (χ4v) is 1.73. The van der Waals surface area contributed by atoms with Gasteiger partial charge >= 0.3 is 10.4 Å². The highest BCUT2D eigenvalue weighted by Crippen LogP contribution is 2.10. The maximum Gasteiger partial charge on any atom is 0.394 e. The van der Waals surface area contributed by atoms with Gasteiger partial charge in [-0.1, -0.05) is 30.3 Å². The monoisotopic (exact) mass is 381 g/mol. The molecule has 2 rings (SSSR count). The second-order valence-electron chi connectivity index (χ2n) is 4.82. The summed E-state index contributed by atoms with van der Waals surface area (Å²) < 4.78 is 36.6. The molecule has 1 amide bonds. The molecule has 0 heterocycles. The first kappa shape index (κ1) is 21.1. The van der Waals surface area contributed by atoms with E-state index in [9.17, 15) is 4.79 Å². The third-order valence-electron chi connectivity index (χ3n) is 2.87. The summed E-state index contributed by atoms with van der Waals surface area (Å²) in [5.41, 5.74) is 7.23. The number of nitrogens with two attached hydrogens (primary N) is 1. The number of rotatable bonds is 4. The number of guanidine groups is 1. The van der Waals surface area contributed by atoms with Gasteiger partial charge in [0, 0.05) is 5.56 Å². The molecule has 0 atom stereocenters. The van der Waals surface area contributed by atoms with E-state index >= 15 is 0 Å². The van der Waals surface area contributed by atoms with Crippen LogP contribution in [0.4, 0.5) is 0 Å². The highest BCUT2D eigenvalue weighted by Gasteiger charge is 2.06. The van der Waals surface area contributed by atoms with Gasteiger partial charge in [0.1, 0.15) is 5.75 Å². The zero-order valence-electron chi connectivity index (χ0n) is 13.9. The van der Waals surface area contributed by atoms with Gasteiger partial charge in [0.15, 0.2) is 5.96 Å². The molecule has 0 saturated heterocycles. The number of aliphatic imine (C=N–C) groups is 1. The predicted octanol–water partition coefficient (Wildman–Crippen LogP) is 1.29. The third kappa shape index (κ3) is 9.37. The molecule has 2 aromatic rings. The molecule has 0 spiro atoms. The highest BCUT2D eigenvalue weighted by atomic mass is 32.3. The van der Waals surface area contributed by atoms with E-state index in [1.54, 1.807) is 31.4 Å². The number of carbonyl (C=O) groups excluding carboxylic acids is 1. The van der Waals surface area contributed by atoms with Gasteiger partial charge in [-0.25, -0.2) is 4.99 Å². The average molecular weight is 381 g/mol. The van der Waals surface area contributed by atoms with Crippen LogP contribution in [0, 0.1) is 0 Å². The average Bonchev–Trinajstić information content (AvgIpc) is 2.59. The van der Waals surface area contributed by atoms with E-state index in [4.69, 9.17) is 28.0 Å². The lowest BCUT2D eigenvalue weighted by Gasteiger charge is -2.05. The fourth-order valence-electron chi connectivity index (χ4n) is 1.73. The van der Waals surface area contributed by atoms with E-state index in [1.165, 1.54) is 0 Å². The summed E-state index contributed by atoms with van der Waals surface area (Å²) >= 11 is 0. The summed E-state index contributed by atoms with van der Waals surface area (Å²) in [5.74, 6) is 0.490. The van der Waals surface area contributed by atoms with Gasteiger partial charge in [0.05, 0.1) is 13.7 Å². The Balaban J connectivity index is 0.000000597. The van der Waals surface area contributed by atoms with Crippen LogP contribution < -0.4 is 15.8 Å². The maximum atomic E-state index is 12.0. The minimum absolute atomic E-state index is 0.0969. The number of methoxy groups -OCH3 is 1. The van der Waals surface area contributed by atoms with Crippen LogP contribution in [0.3, 0.4) is 0 Å². The second kappa shape index (κ2) is 10.1. The van der Waals surface area contributed by atoms with Crippen molar-refractivity contribution in [3.8, 4) is 5.75 Å². The van der Waals surface area contributed by atoms with Crippen LogP contribution in [-0.2, 0) is 16.9 Å². The lowest BCUT2D eigenvalue weighted by atomic mass is 10.2. The first-order valence-corrected chi connectivity index (χ1v) is 8.58. The largest absolute Gasteiger partial charge is 0.497 e. The Morgan fingerprint density at radius 2 is 1.65 bits per heavy atom. The zero-order valence-corrected chi connectivity index (χ0v) is 14.7.